The lowest BCUT2D eigenvalue weighted by atomic mass is 9.85. The summed E-state index contributed by atoms with van der Waals surface area (Å²) in [6, 6.07) is 6.18. The third-order valence-electron chi connectivity index (χ3n) is 7.33. The highest BCUT2D eigenvalue weighted by atomic mass is 16.2. The Hall–Kier alpha value is -3.42. The number of hydrogen-bond donors (Lipinski definition) is 0. The van der Waals surface area contributed by atoms with Gasteiger partial charge in [-0.15, -0.1) is 0 Å². The lowest BCUT2D eigenvalue weighted by Gasteiger charge is -2.17. The molecule has 0 spiro atoms. The lowest BCUT2D eigenvalue weighted by molar-refractivity contribution is -0.123. The molecule has 1 saturated heterocycles. The molecule has 1 aliphatic heterocycles. The van der Waals surface area contributed by atoms with E-state index in [-0.39, 0.29) is 35.6 Å². The minimum atomic E-state index is -0.424. The van der Waals surface area contributed by atoms with Crippen molar-refractivity contribution in [2.75, 3.05) is 18.0 Å². The highest BCUT2D eigenvalue weighted by Gasteiger charge is 2.48. The Labute approximate surface area is 184 Å². The van der Waals surface area contributed by atoms with Crippen LogP contribution in [0.25, 0.3) is 5.65 Å². The highest BCUT2D eigenvalue weighted by molar-refractivity contribution is 6.09. The van der Waals surface area contributed by atoms with Crippen molar-refractivity contribution in [1.82, 2.24) is 19.6 Å². The molecule has 3 aliphatic rings. The van der Waals surface area contributed by atoms with Crippen LogP contribution in [0.4, 0.5) is 5.82 Å². The molecule has 3 heterocycles. The predicted octanol–water partition coefficient (Wildman–Crippen LogP) is 1.71. The van der Waals surface area contributed by atoms with Crippen molar-refractivity contribution in [3.05, 3.63) is 53.1 Å². The van der Waals surface area contributed by atoms with Crippen LogP contribution in [0.5, 0.6) is 0 Å². The minimum Gasteiger partial charge on any atom is -0.352 e. The summed E-state index contributed by atoms with van der Waals surface area (Å²) in [5, 5.41) is 4.62. The molecule has 8 heteroatoms. The second-order valence-corrected chi connectivity index (χ2v) is 9.67. The monoisotopic (exact) mass is 429 g/mol. The number of aromatic nitrogens is 4. The van der Waals surface area contributed by atoms with E-state index < -0.39 is 5.41 Å². The average Bonchev–Trinajstić information content (AvgIpc) is 3.47. The summed E-state index contributed by atoms with van der Waals surface area (Å²) in [6.45, 7) is 4.96. The van der Waals surface area contributed by atoms with Crippen LogP contribution in [-0.4, -0.2) is 50.0 Å². The van der Waals surface area contributed by atoms with E-state index in [1.807, 2.05) is 24.8 Å². The van der Waals surface area contributed by atoms with Crippen molar-refractivity contribution in [2.45, 2.75) is 38.5 Å². The van der Waals surface area contributed by atoms with Gasteiger partial charge in [0, 0.05) is 55.6 Å². The molecule has 0 N–H and O–H groups in total. The van der Waals surface area contributed by atoms with E-state index in [0.29, 0.717) is 43.2 Å². The molecule has 6 rings (SSSR count). The van der Waals surface area contributed by atoms with Crippen LogP contribution in [0, 0.1) is 11.8 Å². The average molecular weight is 429 g/mol. The van der Waals surface area contributed by atoms with Gasteiger partial charge in [-0.2, -0.15) is 5.10 Å². The molecule has 2 atom stereocenters. The van der Waals surface area contributed by atoms with Crippen molar-refractivity contribution in [2.24, 2.45) is 11.8 Å². The molecule has 2 aromatic heterocycles. The molecule has 162 valence electrons. The molecule has 3 aromatic rings. The number of anilines is 1. The first-order chi connectivity index (χ1) is 15.3. The molecule has 0 bridgehead atoms. The van der Waals surface area contributed by atoms with E-state index in [1.165, 1.54) is 0 Å². The smallest absolute Gasteiger partial charge is 0.198 e. The quantitative estimate of drug-likeness (QED) is 0.585. The van der Waals surface area contributed by atoms with E-state index in [0.717, 1.165) is 16.7 Å². The van der Waals surface area contributed by atoms with Crippen LogP contribution in [-0.2, 0) is 32.6 Å². The summed E-state index contributed by atoms with van der Waals surface area (Å²) in [6.07, 6.45) is 4.51. The summed E-state index contributed by atoms with van der Waals surface area (Å²) >= 11 is 0. The Morgan fingerprint density at radius 3 is 2.56 bits per heavy atom. The molecule has 0 amide bonds. The van der Waals surface area contributed by atoms with E-state index >= 15 is 0 Å². The number of hydrogen-bond acceptors (Lipinski definition) is 7. The Kier molecular flexibility index (Phi) is 3.94. The first-order valence-electron chi connectivity index (χ1n) is 11.0. The van der Waals surface area contributed by atoms with Crippen molar-refractivity contribution in [1.29, 1.82) is 0 Å². The second-order valence-electron chi connectivity index (χ2n) is 9.67. The largest absolute Gasteiger partial charge is 0.352 e. The fourth-order valence-corrected chi connectivity index (χ4v) is 5.45. The second kappa shape index (κ2) is 6.54. The van der Waals surface area contributed by atoms with Crippen molar-refractivity contribution >= 4 is 28.8 Å². The highest BCUT2D eigenvalue weighted by Crippen LogP contribution is 2.37. The summed E-state index contributed by atoms with van der Waals surface area (Å²) in [4.78, 5) is 47.8. The van der Waals surface area contributed by atoms with Crippen LogP contribution in [0.3, 0.4) is 0 Å². The minimum absolute atomic E-state index is 0.0369. The van der Waals surface area contributed by atoms with Gasteiger partial charge in [-0.1, -0.05) is 18.2 Å². The number of nitrogens with zero attached hydrogens (tertiary/aromatic N) is 5. The number of fused-ring (bicyclic) bond motifs is 3. The zero-order valence-electron chi connectivity index (χ0n) is 18.0. The van der Waals surface area contributed by atoms with Gasteiger partial charge < -0.3 is 4.90 Å². The van der Waals surface area contributed by atoms with E-state index in [1.54, 1.807) is 16.9 Å². The molecular formula is C24H23N5O3. The predicted molar refractivity (Wildman–Crippen MR) is 116 cm³/mol. The third kappa shape index (κ3) is 2.75. The van der Waals surface area contributed by atoms with Crippen molar-refractivity contribution in [3.8, 4) is 0 Å². The van der Waals surface area contributed by atoms with Gasteiger partial charge in [-0.05, 0) is 30.5 Å². The van der Waals surface area contributed by atoms with Crippen molar-refractivity contribution < 1.29 is 14.4 Å². The molecule has 2 fully saturated rings. The summed E-state index contributed by atoms with van der Waals surface area (Å²) in [5.74, 6) is 1.18. The van der Waals surface area contributed by atoms with Gasteiger partial charge in [0.2, 0.25) is 0 Å². The van der Waals surface area contributed by atoms with Crippen LogP contribution in [0.2, 0.25) is 0 Å². The molecule has 8 nitrogen and oxygen atoms in total. The molecular weight excluding hydrogens is 406 g/mol. The summed E-state index contributed by atoms with van der Waals surface area (Å²) in [7, 11) is 0. The topological polar surface area (TPSA) is 97.5 Å². The van der Waals surface area contributed by atoms with Gasteiger partial charge in [0.15, 0.2) is 17.3 Å². The lowest BCUT2D eigenvalue weighted by Crippen LogP contribution is -2.25. The van der Waals surface area contributed by atoms with E-state index in [9.17, 15) is 14.4 Å². The van der Waals surface area contributed by atoms with Gasteiger partial charge in [0.1, 0.15) is 17.3 Å². The van der Waals surface area contributed by atoms with Gasteiger partial charge in [-0.25, -0.2) is 14.5 Å². The van der Waals surface area contributed by atoms with Gasteiger partial charge in [-0.3, -0.25) is 14.4 Å². The summed E-state index contributed by atoms with van der Waals surface area (Å²) in [5.41, 5.74) is 3.45. The molecule has 2 aliphatic carbocycles. The zero-order valence-corrected chi connectivity index (χ0v) is 18.0. The molecule has 1 aromatic carbocycles. The van der Waals surface area contributed by atoms with Crippen LogP contribution in [0.1, 0.15) is 42.8 Å². The number of rotatable bonds is 3. The van der Waals surface area contributed by atoms with Crippen LogP contribution >= 0.6 is 0 Å². The fraction of sp³-hybridized carbons (Fsp3) is 0.417. The number of carbonyl (C=O) groups is 3. The number of carbonyl (C=O) groups excluding carboxylic acids is 3. The number of benzene rings is 1. The molecule has 1 saturated carbocycles. The molecule has 0 radical (unpaired) electrons. The Balaban J connectivity index is 1.29. The van der Waals surface area contributed by atoms with Gasteiger partial charge in [0.25, 0.3) is 0 Å². The zero-order chi connectivity index (χ0) is 22.2. The Morgan fingerprint density at radius 2 is 1.81 bits per heavy atom. The standard InChI is InChI=1S/C24H23N5O3/c1-24(2)17-4-3-13(7-14(17)9-20(24)32)8-21-26-23-22(25-5-6-29(23)27-21)28-11-15-16(12-28)19(31)10-18(15)30/h3-7,15-16H,8-12H2,1-2H3. The molecule has 32 heavy (non-hydrogen) atoms. The maximum atomic E-state index is 12.3. The van der Waals surface area contributed by atoms with Crippen LogP contribution < -0.4 is 4.90 Å². The number of ketones is 3. The first-order valence-corrected chi connectivity index (χ1v) is 11.0. The first kappa shape index (κ1) is 19.3. The van der Waals surface area contributed by atoms with E-state index in [2.05, 4.69) is 22.2 Å². The Morgan fingerprint density at radius 1 is 1.06 bits per heavy atom. The fourth-order valence-electron chi connectivity index (χ4n) is 5.45. The third-order valence-corrected chi connectivity index (χ3v) is 7.33. The summed E-state index contributed by atoms with van der Waals surface area (Å²) < 4.78 is 1.70. The Bertz CT molecular complexity index is 1300. The van der Waals surface area contributed by atoms with Crippen LogP contribution in [0.15, 0.2) is 30.6 Å². The molecule has 2 unspecified atom stereocenters. The SMILES string of the molecule is CC1(C)C(=O)Cc2cc(Cc3nc4c(N5CC6C(=O)CC(=O)C6C5)nccn4n3)ccc21. The maximum absolute atomic E-state index is 12.3. The normalized spacial score (nSPS) is 23.9. The maximum Gasteiger partial charge on any atom is 0.198 e. The van der Waals surface area contributed by atoms with Gasteiger partial charge in [0.05, 0.1) is 6.42 Å². The van der Waals surface area contributed by atoms with Crippen molar-refractivity contribution in [3.63, 3.8) is 0 Å². The number of Topliss-reactive ketones (excluding diaryl/α,β-unsaturated/α-hetero) is 3. The van der Waals surface area contributed by atoms with Gasteiger partial charge >= 0.3 is 0 Å². The van der Waals surface area contributed by atoms with E-state index in [4.69, 9.17) is 4.98 Å².